The number of esters is 3. The Morgan fingerprint density at radius 3 is 1.13 bits per heavy atom. The van der Waals surface area contributed by atoms with Crippen molar-refractivity contribution in [3.8, 4) is 0 Å². The standard InChI is InChI=1S/C54H94O6/c1-4-7-10-13-16-19-22-24-26-28-30-32-35-38-41-44-47-53(56)59-50-51(49-58-52(55)46-43-40-37-34-21-18-15-12-9-6-3)60-54(57)48-45-42-39-36-33-31-29-27-25-23-20-17-14-11-8-5-2/h7,10,16,19,24,26-27,29,31,33,51H,4-6,8-9,11-15,17-18,20-23,25,28,30,32,34-50H2,1-3H3/b10-7-,19-16-,26-24-,29-27-,33-31-. The van der Waals surface area contributed by atoms with Gasteiger partial charge in [0.15, 0.2) is 6.10 Å². The third kappa shape index (κ3) is 46.2. The second-order valence-corrected chi connectivity index (χ2v) is 16.7. The van der Waals surface area contributed by atoms with Crippen molar-refractivity contribution in [1.82, 2.24) is 0 Å². The molecule has 1 atom stereocenters. The van der Waals surface area contributed by atoms with Crippen molar-refractivity contribution < 1.29 is 28.6 Å². The van der Waals surface area contributed by atoms with Crippen molar-refractivity contribution in [3.05, 3.63) is 60.8 Å². The molecule has 0 spiro atoms. The van der Waals surface area contributed by atoms with E-state index >= 15 is 0 Å². The van der Waals surface area contributed by atoms with Gasteiger partial charge in [-0.25, -0.2) is 0 Å². The number of ether oxygens (including phenoxy) is 3. The summed E-state index contributed by atoms with van der Waals surface area (Å²) in [5.41, 5.74) is 0. The van der Waals surface area contributed by atoms with Crippen LogP contribution in [0.4, 0.5) is 0 Å². The lowest BCUT2D eigenvalue weighted by Crippen LogP contribution is -2.30. The SMILES string of the molecule is CC/C=C\C/C=C\C/C=C\CCCCCCCCC(=O)OCC(COC(=O)CCCCCCCCCCCC)OC(=O)CCCCC/C=C\C=C/CCCCCCCCC. The molecule has 0 heterocycles. The lowest BCUT2D eigenvalue weighted by atomic mass is 10.1. The number of rotatable bonds is 45. The van der Waals surface area contributed by atoms with Gasteiger partial charge in [-0.3, -0.25) is 14.4 Å². The third-order valence-corrected chi connectivity index (χ3v) is 10.8. The quantitative estimate of drug-likeness (QED) is 0.0200. The lowest BCUT2D eigenvalue weighted by Gasteiger charge is -2.18. The number of hydrogen-bond donors (Lipinski definition) is 0. The summed E-state index contributed by atoms with van der Waals surface area (Å²) in [6.45, 7) is 6.48. The van der Waals surface area contributed by atoms with Crippen LogP contribution in [0.25, 0.3) is 0 Å². The normalized spacial score (nSPS) is 12.5. The van der Waals surface area contributed by atoms with Gasteiger partial charge in [0.1, 0.15) is 13.2 Å². The molecule has 6 heteroatoms. The van der Waals surface area contributed by atoms with E-state index in [-0.39, 0.29) is 31.1 Å². The Morgan fingerprint density at radius 1 is 0.367 bits per heavy atom. The Kier molecular flexibility index (Phi) is 46.4. The average Bonchev–Trinajstić information content (AvgIpc) is 3.24. The zero-order chi connectivity index (χ0) is 43.7. The third-order valence-electron chi connectivity index (χ3n) is 10.8. The largest absolute Gasteiger partial charge is 0.462 e. The fourth-order valence-corrected chi connectivity index (χ4v) is 6.98. The van der Waals surface area contributed by atoms with Crippen molar-refractivity contribution in [3.63, 3.8) is 0 Å². The number of carbonyl (C=O) groups is 3. The van der Waals surface area contributed by atoms with E-state index < -0.39 is 6.10 Å². The topological polar surface area (TPSA) is 78.9 Å². The minimum atomic E-state index is -0.790. The van der Waals surface area contributed by atoms with Gasteiger partial charge in [-0.05, 0) is 77.0 Å². The molecule has 0 aliphatic carbocycles. The highest BCUT2D eigenvalue weighted by atomic mass is 16.6. The molecular weight excluding hydrogens is 745 g/mol. The molecule has 0 aliphatic rings. The Hall–Kier alpha value is -2.89. The summed E-state index contributed by atoms with van der Waals surface area (Å²) in [4.78, 5) is 37.9. The summed E-state index contributed by atoms with van der Waals surface area (Å²) >= 11 is 0. The summed E-state index contributed by atoms with van der Waals surface area (Å²) < 4.78 is 16.7. The van der Waals surface area contributed by atoms with Gasteiger partial charge in [-0.2, -0.15) is 0 Å². The molecule has 0 N–H and O–H groups in total. The maximum absolute atomic E-state index is 12.8. The van der Waals surface area contributed by atoms with Gasteiger partial charge in [-0.15, -0.1) is 0 Å². The van der Waals surface area contributed by atoms with Crippen LogP contribution in [-0.4, -0.2) is 37.2 Å². The molecule has 0 aromatic heterocycles. The van der Waals surface area contributed by atoms with Crippen LogP contribution < -0.4 is 0 Å². The molecule has 0 amide bonds. The van der Waals surface area contributed by atoms with E-state index in [4.69, 9.17) is 14.2 Å². The predicted molar refractivity (Wildman–Crippen MR) is 256 cm³/mol. The van der Waals surface area contributed by atoms with Crippen LogP contribution in [0.5, 0.6) is 0 Å². The molecule has 0 aliphatic heterocycles. The van der Waals surface area contributed by atoms with Crippen LogP contribution >= 0.6 is 0 Å². The molecule has 0 rings (SSSR count). The van der Waals surface area contributed by atoms with Gasteiger partial charge >= 0.3 is 17.9 Å². The fraction of sp³-hybridized carbons (Fsp3) is 0.759. The summed E-state index contributed by atoms with van der Waals surface area (Å²) in [6.07, 6.45) is 59.2. The van der Waals surface area contributed by atoms with Gasteiger partial charge in [0, 0.05) is 19.3 Å². The first-order chi connectivity index (χ1) is 29.5. The molecule has 0 radical (unpaired) electrons. The molecule has 6 nitrogen and oxygen atoms in total. The van der Waals surface area contributed by atoms with E-state index in [0.717, 1.165) is 96.3 Å². The first-order valence-corrected chi connectivity index (χ1v) is 25.3. The van der Waals surface area contributed by atoms with Crippen molar-refractivity contribution in [2.45, 2.75) is 252 Å². The number of unbranched alkanes of at least 4 members (excludes halogenated alkanes) is 25. The van der Waals surface area contributed by atoms with Gasteiger partial charge < -0.3 is 14.2 Å². The van der Waals surface area contributed by atoms with Crippen molar-refractivity contribution in [2.75, 3.05) is 13.2 Å². The first kappa shape index (κ1) is 57.1. The highest BCUT2D eigenvalue weighted by Crippen LogP contribution is 2.14. The molecule has 60 heavy (non-hydrogen) atoms. The molecule has 1 unspecified atom stereocenters. The fourth-order valence-electron chi connectivity index (χ4n) is 6.98. The predicted octanol–water partition coefficient (Wildman–Crippen LogP) is 16.5. The average molecular weight is 839 g/mol. The van der Waals surface area contributed by atoms with Crippen molar-refractivity contribution in [1.29, 1.82) is 0 Å². The molecule has 0 fully saturated rings. The number of allylic oxidation sites excluding steroid dienone is 10. The van der Waals surface area contributed by atoms with E-state index in [1.54, 1.807) is 0 Å². The van der Waals surface area contributed by atoms with Gasteiger partial charge in [0.05, 0.1) is 0 Å². The Bertz CT molecular complexity index is 1100. The van der Waals surface area contributed by atoms with Crippen LogP contribution in [0.15, 0.2) is 60.8 Å². The summed E-state index contributed by atoms with van der Waals surface area (Å²) in [5, 5.41) is 0. The van der Waals surface area contributed by atoms with E-state index in [1.807, 2.05) is 0 Å². The summed E-state index contributed by atoms with van der Waals surface area (Å²) in [7, 11) is 0. The molecule has 0 saturated heterocycles. The zero-order valence-electron chi connectivity index (χ0n) is 39.5. The summed E-state index contributed by atoms with van der Waals surface area (Å²) in [5.74, 6) is -0.927. The minimum absolute atomic E-state index is 0.0879. The molecule has 0 saturated carbocycles. The molecule has 0 bridgehead atoms. The second-order valence-electron chi connectivity index (χ2n) is 16.7. The lowest BCUT2D eigenvalue weighted by molar-refractivity contribution is -0.167. The van der Waals surface area contributed by atoms with Crippen LogP contribution in [0.3, 0.4) is 0 Å². The van der Waals surface area contributed by atoms with E-state index in [2.05, 4.69) is 81.5 Å². The highest BCUT2D eigenvalue weighted by Gasteiger charge is 2.19. The molecule has 0 aromatic carbocycles. The Labute approximate surface area is 370 Å². The van der Waals surface area contributed by atoms with Crippen LogP contribution in [0.2, 0.25) is 0 Å². The maximum atomic E-state index is 12.8. The smallest absolute Gasteiger partial charge is 0.306 e. The number of carbonyl (C=O) groups excluding carboxylic acids is 3. The molecule has 0 aromatic rings. The van der Waals surface area contributed by atoms with Crippen LogP contribution in [0, 0.1) is 0 Å². The van der Waals surface area contributed by atoms with E-state index in [0.29, 0.717) is 19.3 Å². The second kappa shape index (κ2) is 48.8. The molecular formula is C54H94O6. The van der Waals surface area contributed by atoms with Gasteiger partial charge in [0.2, 0.25) is 0 Å². The highest BCUT2D eigenvalue weighted by molar-refractivity contribution is 5.71. The van der Waals surface area contributed by atoms with Crippen molar-refractivity contribution >= 4 is 17.9 Å². The van der Waals surface area contributed by atoms with Crippen LogP contribution in [0.1, 0.15) is 245 Å². The van der Waals surface area contributed by atoms with Gasteiger partial charge in [0.25, 0.3) is 0 Å². The maximum Gasteiger partial charge on any atom is 0.306 e. The summed E-state index contributed by atoms with van der Waals surface area (Å²) in [6, 6.07) is 0. The van der Waals surface area contributed by atoms with Crippen molar-refractivity contribution in [2.24, 2.45) is 0 Å². The number of hydrogen-bond acceptors (Lipinski definition) is 6. The minimum Gasteiger partial charge on any atom is -0.462 e. The molecule has 346 valence electrons. The van der Waals surface area contributed by atoms with Crippen LogP contribution in [-0.2, 0) is 28.6 Å². The Morgan fingerprint density at radius 2 is 0.700 bits per heavy atom. The zero-order valence-corrected chi connectivity index (χ0v) is 39.5. The monoisotopic (exact) mass is 839 g/mol. The Balaban J connectivity index is 4.41. The van der Waals surface area contributed by atoms with E-state index in [1.165, 1.54) is 109 Å². The van der Waals surface area contributed by atoms with Gasteiger partial charge in [-0.1, -0.05) is 210 Å². The van der Waals surface area contributed by atoms with E-state index in [9.17, 15) is 14.4 Å². The first-order valence-electron chi connectivity index (χ1n) is 25.3.